The van der Waals surface area contributed by atoms with Gasteiger partial charge in [-0.25, -0.2) is 18.1 Å². The molecule has 0 saturated heterocycles. The number of nitrogens with one attached hydrogen (secondary N) is 2. The molecule has 1 heterocycles. The topological polar surface area (TPSA) is 97.8 Å². The third kappa shape index (κ3) is 6.26. The zero-order valence-corrected chi connectivity index (χ0v) is 23.7. The number of aliphatic imine (C=N–C) groups is 1. The average molecular weight is 573 g/mol. The van der Waals surface area contributed by atoms with Crippen molar-refractivity contribution in [1.82, 2.24) is 14.6 Å². The Morgan fingerprint density at radius 3 is 2.27 bits per heavy atom. The molecule has 4 aromatic carbocycles. The molecule has 7 nitrogen and oxygen atoms in total. The van der Waals surface area contributed by atoms with Crippen LogP contribution in [0.15, 0.2) is 107 Å². The van der Waals surface area contributed by atoms with Gasteiger partial charge in [0.2, 0.25) is 10.0 Å². The molecule has 0 bridgehead atoms. The molecule has 9 heteroatoms. The SMILES string of the molecule is CN(C)Cc1ccc(N=C(c2ccc(CNS(=O)(=O)c3ccccc3)cc2)c2c(O)[nH]c3cc(Cl)ccc23)cc1. The summed E-state index contributed by atoms with van der Waals surface area (Å²) >= 11 is 6.19. The van der Waals surface area contributed by atoms with Crippen molar-refractivity contribution in [3.8, 4) is 5.88 Å². The zero-order chi connectivity index (χ0) is 28.3. The molecule has 5 rings (SSSR count). The van der Waals surface area contributed by atoms with Crippen molar-refractivity contribution in [3.05, 3.63) is 124 Å². The van der Waals surface area contributed by atoms with Crippen molar-refractivity contribution in [2.24, 2.45) is 4.99 Å². The first kappa shape index (κ1) is 27.6. The van der Waals surface area contributed by atoms with Crippen molar-refractivity contribution in [2.45, 2.75) is 18.0 Å². The van der Waals surface area contributed by atoms with Crippen LogP contribution in [0.1, 0.15) is 22.3 Å². The molecular formula is C31H29ClN4O3S. The maximum atomic E-state index is 12.6. The van der Waals surface area contributed by atoms with Crippen molar-refractivity contribution < 1.29 is 13.5 Å². The summed E-state index contributed by atoms with van der Waals surface area (Å²) in [5.41, 5.74) is 5.27. The molecule has 3 N–H and O–H groups in total. The number of hydrogen-bond donors (Lipinski definition) is 3. The predicted molar refractivity (Wildman–Crippen MR) is 161 cm³/mol. The van der Waals surface area contributed by atoms with E-state index in [4.69, 9.17) is 16.6 Å². The fourth-order valence-corrected chi connectivity index (χ4v) is 5.68. The van der Waals surface area contributed by atoms with Gasteiger partial charge in [0.15, 0.2) is 5.88 Å². The molecule has 1 aromatic heterocycles. The molecule has 40 heavy (non-hydrogen) atoms. The molecule has 0 saturated carbocycles. The molecule has 0 atom stereocenters. The zero-order valence-electron chi connectivity index (χ0n) is 22.1. The maximum absolute atomic E-state index is 12.6. The third-order valence-corrected chi connectivity index (χ3v) is 8.05. The fourth-order valence-electron chi connectivity index (χ4n) is 4.47. The second-order valence-corrected chi connectivity index (χ2v) is 11.9. The van der Waals surface area contributed by atoms with Crippen LogP contribution in [0.3, 0.4) is 0 Å². The van der Waals surface area contributed by atoms with E-state index in [0.29, 0.717) is 21.8 Å². The van der Waals surface area contributed by atoms with E-state index in [-0.39, 0.29) is 17.3 Å². The van der Waals surface area contributed by atoms with Crippen LogP contribution in [-0.2, 0) is 23.1 Å². The molecular weight excluding hydrogens is 544 g/mol. The first-order chi connectivity index (χ1) is 19.2. The molecule has 204 valence electrons. The van der Waals surface area contributed by atoms with Crippen LogP contribution in [0.2, 0.25) is 5.02 Å². The van der Waals surface area contributed by atoms with Gasteiger partial charge in [0.1, 0.15) is 0 Å². The summed E-state index contributed by atoms with van der Waals surface area (Å²) in [5, 5.41) is 12.3. The lowest BCUT2D eigenvalue weighted by Gasteiger charge is -2.11. The summed E-state index contributed by atoms with van der Waals surface area (Å²) in [5.74, 6) is -0.0139. The first-order valence-electron chi connectivity index (χ1n) is 12.7. The monoisotopic (exact) mass is 572 g/mol. The van der Waals surface area contributed by atoms with Crippen molar-refractivity contribution >= 4 is 43.9 Å². The van der Waals surface area contributed by atoms with E-state index >= 15 is 0 Å². The highest BCUT2D eigenvalue weighted by molar-refractivity contribution is 7.89. The number of nitrogens with zero attached hydrogens (tertiary/aromatic N) is 2. The number of rotatable bonds is 9. The Morgan fingerprint density at radius 1 is 0.925 bits per heavy atom. The Morgan fingerprint density at radius 2 is 1.60 bits per heavy atom. The Bertz CT molecular complexity index is 1760. The van der Waals surface area contributed by atoms with Crippen LogP contribution in [0, 0.1) is 0 Å². The minimum atomic E-state index is -3.63. The molecule has 0 aliphatic carbocycles. The number of halogens is 1. The van der Waals surface area contributed by atoms with Crippen LogP contribution < -0.4 is 4.72 Å². The van der Waals surface area contributed by atoms with Gasteiger partial charge in [0.05, 0.1) is 27.4 Å². The number of sulfonamides is 1. The third-order valence-electron chi connectivity index (χ3n) is 6.40. The second kappa shape index (κ2) is 11.7. The van der Waals surface area contributed by atoms with E-state index < -0.39 is 10.0 Å². The lowest BCUT2D eigenvalue weighted by atomic mass is 9.99. The number of aromatic amines is 1. The van der Waals surface area contributed by atoms with Gasteiger partial charge in [-0.15, -0.1) is 0 Å². The molecule has 0 fully saturated rings. The van der Waals surface area contributed by atoms with Crippen LogP contribution >= 0.6 is 11.6 Å². The van der Waals surface area contributed by atoms with Crippen molar-refractivity contribution in [2.75, 3.05) is 14.1 Å². The standard InChI is InChI=1S/C31H29ClN4O3S/c1-36(2)20-22-10-15-25(16-11-22)34-30(29-27-17-14-24(32)18-28(27)35-31(29)37)23-12-8-21(9-13-23)19-33-40(38,39)26-6-4-3-5-7-26/h3-18,33,35,37H,19-20H2,1-2H3. The second-order valence-electron chi connectivity index (χ2n) is 9.74. The Labute approximate surface area is 238 Å². The highest BCUT2D eigenvalue weighted by Crippen LogP contribution is 2.33. The van der Waals surface area contributed by atoms with Gasteiger partial charge in [0.25, 0.3) is 0 Å². The number of H-pyrrole nitrogens is 1. The Hall–Kier alpha value is -3.95. The summed E-state index contributed by atoms with van der Waals surface area (Å²) in [6, 6.07) is 29.1. The van der Waals surface area contributed by atoms with E-state index in [2.05, 4.69) is 14.6 Å². The highest BCUT2D eigenvalue weighted by atomic mass is 35.5. The molecule has 0 aliphatic heterocycles. The van der Waals surface area contributed by atoms with Crippen molar-refractivity contribution in [3.63, 3.8) is 0 Å². The average Bonchev–Trinajstić information content (AvgIpc) is 3.26. The molecule has 0 radical (unpaired) electrons. The van der Waals surface area contributed by atoms with Gasteiger partial charge >= 0.3 is 0 Å². The Kier molecular flexibility index (Phi) is 8.04. The Balaban J connectivity index is 1.50. The highest BCUT2D eigenvalue weighted by Gasteiger charge is 2.19. The van der Waals surface area contributed by atoms with Gasteiger partial charge < -0.3 is 15.0 Å². The molecule has 0 amide bonds. The minimum Gasteiger partial charge on any atom is -0.494 e. The summed E-state index contributed by atoms with van der Waals surface area (Å²) in [4.78, 5) is 10.3. The van der Waals surface area contributed by atoms with Crippen LogP contribution in [0.5, 0.6) is 5.88 Å². The normalized spacial score (nSPS) is 12.3. The number of aromatic nitrogens is 1. The van der Waals surface area contributed by atoms with Gasteiger partial charge in [-0.1, -0.05) is 72.3 Å². The van der Waals surface area contributed by atoms with Gasteiger partial charge in [-0.05, 0) is 61.6 Å². The lowest BCUT2D eigenvalue weighted by Crippen LogP contribution is -2.23. The van der Waals surface area contributed by atoms with Gasteiger partial charge in [-0.2, -0.15) is 0 Å². The summed E-state index contributed by atoms with van der Waals surface area (Å²) in [7, 11) is 0.410. The van der Waals surface area contributed by atoms with E-state index in [1.807, 2.05) is 68.7 Å². The largest absolute Gasteiger partial charge is 0.494 e. The number of benzene rings is 4. The maximum Gasteiger partial charge on any atom is 0.240 e. The fraction of sp³-hybridized carbons (Fsp3) is 0.129. The first-order valence-corrected chi connectivity index (χ1v) is 14.5. The van der Waals surface area contributed by atoms with Crippen molar-refractivity contribution in [1.29, 1.82) is 0 Å². The molecule has 0 spiro atoms. The van der Waals surface area contributed by atoms with Gasteiger partial charge in [0, 0.05) is 29.1 Å². The summed E-state index contributed by atoms with van der Waals surface area (Å²) in [6.07, 6.45) is 0. The number of hydrogen-bond acceptors (Lipinski definition) is 5. The van der Waals surface area contributed by atoms with Gasteiger partial charge in [-0.3, -0.25) is 0 Å². The van der Waals surface area contributed by atoms with E-state index in [9.17, 15) is 13.5 Å². The van der Waals surface area contributed by atoms with E-state index in [0.717, 1.165) is 34.3 Å². The molecule has 5 aromatic rings. The van der Waals surface area contributed by atoms with Crippen LogP contribution in [-0.4, -0.2) is 43.2 Å². The number of fused-ring (bicyclic) bond motifs is 1. The smallest absolute Gasteiger partial charge is 0.240 e. The van der Waals surface area contributed by atoms with Crippen LogP contribution in [0.25, 0.3) is 10.9 Å². The quantitative estimate of drug-likeness (QED) is 0.182. The summed E-state index contributed by atoms with van der Waals surface area (Å²) < 4.78 is 27.9. The lowest BCUT2D eigenvalue weighted by molar-refractivity contribution is 0.402. The van der Waals surface area contributed by atoms with Crippen LogP contribution in [0.4, 0.5) is 5.69 Å². The minimum absolute atomic E-state index is 0.0139. The summed E-state index contributed by atoms with van der Waals surface area (Å²) in [6.45, 7) is 0.949. The number of aromatic hydroxyl groups is 1. The van der Waals surface area contributed by atoms with E-state index in [1.165, 1.54) is 0 Å². The predicted octanol–water partition coefficient (Wildman–Crippen LogP) is 6.24. The molecule has 0 unspecified atom stereocenters. The molecule has 0 aliphatic rings. The van der Waals surface area contributed by atoms with E-state index in [1.54, 1.807) is 42.5 Å².